The Kier molecular flexibility index (Phi) is 1.47. The lowest BCUT2D eigenvalue weighted by molar-refractivity contribution is -0.339. The summed E-state index contributed by atoms with van der Waals surface area (Å²) in [5, 5.41) is 0. The molecule has 12 heavy (non-hydrogen) atoms. The van der Waals surface area contributed by atoms with E-state index >= 15 is 0 Å². The van der Waals surface area contributed by atoms with Crippen molar-refractivity contribution in [2.75, 3.05) is 5.73 Å². The standard InChI is InChI=1S/C7H4F2N2S/c8-3-1-4-7(11-2-12-4)5(9)6(3)10/h1-2H,10H2/p+1. The van der Waals surface area contributed by atoms with Crippen molar-refractivity contribution in [1.29, 1.82) is 0 Å². The fourth-order valence-corrected chi connectivity index (χ4v) is 1.73. The molecule has 2 rings (SSSR count). The number of nitrogens with one attached hydrogen (secondary N) is 1. The highest BCUT2D eigenvalue weighted by molar-refractivity contribution is 7.16. The maximum Gasteiger partial charge on any atom is 0.260 e. The normalized spacial score (nSPS) is 10.8. The Balaban J connectivity index is 2.94. The van der Waals surface area contributed by atoms with Gasteiger partial charge in [-0.25, -0.2) is 4.39 Å². The summed E-state index contributed by atoms with van der Waals surface area (Å²) in [5.41, 5.74) is 6.55. The fraction of sp³-hybridized carbons (Fsp3) is 0. The van der Waals surface area contributed by atoms with Gasteiger partial charge in [0.25, 0.3) is 5.52 Å². The number of H-pyrrole nitrogens is 1. The molecule has 0 saturated heterocycles. The summed E-state index contributed by atoms with van der Waals surface area (Å²) >= 11 is 1.23. The van der Waals surface area contributed by atoms with Crippen LogP contribution >= 0.6 is 11.3 Å². The van der Waals surface area contributed by atoms with Gasteiger partial charge in [-0.2, -0.15) is 9.37 Å². The Bertz CT molecular complexity index is 438. The molecule has 1 aromatic carbocycles. The Morgan fingerprint density at radius 1 is 1.42 bits per heavy atom. The second-order valence-corrected chi connectivity index (χ2v) is 3.25. The number of thiazole rings is 1. The molecule has 3 N–H and O–H groups in total. The fourth-order valence-electron chi connectivity index (χ4n) is 0.992. The third-order valence-electron chi connectivity index (χ3n) is 1.61. The van der Waals surface area contributed by atoms with E-state index in [4.69, 9.17) is 5.73 Å². The van der Waals surface area contributed by atoms with Crippen molar-refractivity contribution in [3.05, 3.63) is 23.2 Å². The third kappa shape index (κ3) is 0.863. The van der Waals surface area contributed by atoms with E-state index in [2.05, 4.69) is 4.98 Å². The lowest BCUT2D eigenvalue weighted by Gasteiger charge is -1.94. The van der Waals surface area contributed by atoms with Crippen LogP contribution in [0.5, 0.6) is 0 Å². The predicted octanol–water partition coefficient (Wildman–Crippen LogP) is 1.58. The molecule has 0 spiro atoms. The molecule has 0 aliphatic rings. The molecule has 62 valence electrons. The number of hydrogen-bond acceptors (Lipinski definition) is 2. The predicted molar refractivity (Wildman–Crippen MR) is 42.7 cm³/mol. The van der Waals surface area contributed by atoms with Gasteiger partial charge < -0.3 is 5.73 Å². The van der Waals surface area contributed by atoms with E-state index in [1.807, 2.05) is 0 Å². The zero-order valence-electron chi connectivity index (χ0n) is 5.90. The van der Waals surface area contributed by atoms with Gasteiger partial charge in [-0.05, 0) is 0 Å². The molecule has 5 heteroatoms. The number of rotatable bonds is 0. The number of aromatic amines is 1. The van der Waals surface area contributed by atoms with Crippen LogP contribution in [-0.2, 0) is 0 Å². The van der Waals surface area contributed by atoms with Gasteiger partial charge in [0.2, 0.25) is 11.3 Å². The van der Waals surface area contributed by atoms with Gasteiger partial charge in [-0.1, -0.05) is 11.3 Å². The summed E-state index contributed by atoms with van der Waals surface area (Å²) in [6, 6.07) is 1.22. The van der Waals surface area contributed by atoms with Crippen LogP contribution < -0.4 is 10.7 Å². The van der Waals surface area contributed by atoms with Crippen LogP contribution in [0.1, 0.15) is 0 Å². The monoisotopic (exact) mass is 187 g/mol. The topological polar surface area (TPSA) is 40.2 Å². The van der Waals surface area contributed by atoms with Gasteiger partial charge in [0.1, 0.15) is 10.4 Å². The smallest absolute Gasteiger partial charge is 0.260 e. The lowest BCUT2D eigenvalue weighted by atomic mass is 10.3. The first kappa shape index (κ1) is 7.42. The SMILES string of the molecule is Nc1c(F)cc2sc[nH+]c2c1F. The second-order valence-electron chi connectivity index (χ2n) is 2.34. The minimum Gasteiger partial charge on any atom is -0.394 e. The Hall–Kier alpha value is -1.23. The molecule has 0 aliphatic carbocycles. The van der Waals surface area contributed by atoms with Gasteiger partial charge in [0.15, 0.2) is 5.82 Å². The van der Waals surface area contributed by atoms with Crippen LogP contribution in [0.3, 0.4) is 0 Å². The molecule has 0 fully saturated rings. The molecule has 1 aromatic heterocycles. The number of hydrogen-bond donors (Lipinski definition) is 1. The molecule has 0 atom stereocenters. The summed E-state index contributed by atoms with van der Waals surface area (Å²) < 4.78 is 26.4. The van der Waals surface area contributed by atoms with Crippen molar-refractivity contribution in [1.82, 2.24) is 0 Å². The lowest BCUT2D eigenvalue weighted by Crippen LogP contribution is -2.02. The minimum atomic E-state index is -0.716. The van der Waals surface area contributed by atoms with E-state index in [1.165, 1.54) is 17.4 Å². The zero-order chi connectivity index (χ0) is 8.72. The quantitative estimate of drug-likeness (QED) is 0.625. The summed E-state index contributed by atoms with van der Waals surface area (Å²) in [7, 11) is 0. The second kappa shape index (κ2) is 2.38. The van der Waals surface area contributed by atoms with Crippen LogP contribution in [0.15, 0.2) is 11.6 Å². The van der Waals surface area contributed by atoms with Gasteiger partial charge >= 0.3 is 0 Å². The summed E-state index contributed by atoms with van der Waals surface area (Å²) in [6.07, 6.45) is 0. The maximum absolute atomic E-state index is 13.1. The van der Waals surface area contributed by atoms with Crippen LogP contribution in [0, 0.1) is 11.6 Å². The number of nitrogens with two attached hydrogens (primary N) is 1. The molecule has 2 aromatic rings. The average molecular weight is 187 g/mol. The molecule has 2 nitrogen and oxygen atoms in total. The number of nitrogen functional groups attached to an aromatic ring is 1. The van der Waals surface area contributed by atoms with E-state index in [0.717, 1.165) is 0 Å². The van der Waals surface area contributed by atoms with Crippen LogP contribution in [0.25, 0.3) is 10.2 Å². The van der Waals surface area contributed by atoms with E-state index < -0.39 is 17.3 Å². The molecule has 1 heterocycles. The number of aromatic nitrogens is 1. The Labute approximate surface area is 70.6 Å². The van der Waals surface area contributed by atoms with Crippen LogP contribution in [0.2, 0.25) is 0 Å². The van der Waals surface area contributed by atoms with Gasteiger partial charge in [0.05, 0.1) is 0 Å². The molecule has 0 amide bonds. The molecule has 0 radical (unpaired) electrons. The highest BCUT2D eigenvalue weighted by Gasteiger charge is 2.16. The van der Waals surface area contributed by atoms with Crippen molar-refractivity contribution in [2.45, 2.75) is 0 Å². The van der Waals surface area contributed by atoms with E-state index in [1.54, 1.807) is 5.51 Å². The zero-order valence-corrected chi connectivity index (χ0v) is 6.71. The first-order valence-electron chi connectivity index (χ1n) is 3.22. The highest BCUT2D eigenvalue weighted by atomic mass is 32.1. The van der Waals surface area contributed by atoms with Crippen LogP contribution in [-0.4, -0.2) is 0 Å². The van der Waals surface area contributed by atoms with Gasteiger partial charge in [-0.15, -0.1) is 0 Å². The first-order valence-corrected chi connectivity index (χ1v) is 4.10. The maximum atomic E-state index is 13.1. The minimum absolute atomic E-state index is 0.263. The molecular formula is C7H5F2N2S+. The molecule has 0 bridgehead atoms. The van der Waals surface area contributed by atoms with Crippen LogP contribution in [0.4, 0.5) is 14.5 Å². The Morgan fingerprint density at radius 2 is 2.17 bits per heavy atom. The number of fused-ring (bicyclic) bond motifs is 1. The first-order chi connectivity index (χ1) is 5.70. The van der Waals surface area contributed by atoms with E-state index in [0.29, 0.717) is 4.70 Å². The van der Waals surface area contributed by atoms with Crippen molar-refractivity contribution in [3.8, 4) is 0 Å². The van der Waals surface area contributed by atoms with Crippen molar-refractivity contribution in [2.24, 2.45) is 0 Å². The summed E-state index contributed by atoms with van der Waals surface area (Å²) in [5.74, 6) is -1.43. The van der Waals surface area contributed by atoms with Gasteiger partial charge in [0, 0.05) is 6.07 Å². The van der Waals surface area contributed by atoms with Crippen molar-refractivity contribution in [3.63, 3.8) is 0 Å². The highest BCUT2D eigenvalue weighted by Crippen LogP contribution is 2.24. The van der Waals surface area contributed by atoms with E-state index in [-0.39, 0.29) is 5.52 Å². The third-order valence-corrected chi connectivity index (χ3v) is 2.42. The molecule has 0 unspecified atom stereocenters. The van der Waals surface area contributed by atoms with Crippen molar-refractivity contribution < 1.29 is 13.8 Å². The average Bonchev–Trinajstić information content (AvgIpc) is 2.48. The number of benzene rings is 1. The molecule has 0 saturated carbocycles. The van der Waals surface area contributed by atoms with Gasteiger partial charge in [-0.3, -0.25) is 0 Å². The Morgan fingerprint density at radius 3 is 2.92 bits per heavy atom. The van der Waals surface area contributed by atoms with E-state index in [9.17, 15) is 8.78 Å². The molecule has 0 aliphatic heterocycles. The summed E-state index contributed by atoms with van der Waals surface area (Å²) in [6.45, 7) is 0. The summed E-state index contributed by atoms with van der Waals surface area (Å²) in [4.78, 5) is 2.65. The number of anilines is 1. The molecular weight excluding hydrogens is 182 g/mol. The van der Waals surface area contributed by atoms with Crippen molar-refractivity contribution >= 4 is 27.2 Å². The number of halogens is 2. The largest absolute Gasteiger partial charge is 0.394 e.